The van der Waals surface area contributed by atoms with Gasteiger partial charge in [0.15, 0.2) is 0 Å². The van der Waals surface area contributed by atoms with Crippen LogP contribution >= 0.6 is 0 Å². The van der Waals surface area contributed by atoms with Gasteiger partial charge in [-0.3, -0.25) is 4.57 Å². The molecule has 0 amide bonds. The van der Waals surface area contributed by atoms with E-state index >= 15 is 0 Å². The van der Waals surface area contributed by atoms with Gasteiger partial charge in [0.25, 0.3) is 0 Å². The van der Waals surface area contributed by atoms with Crippen molar-refractivity contribution in [1.82, 2.24) is 9.55 Å². The Kier molecular flexibility index (Phi) is 6.54. The fourth-order valence-electron chi connectivity index (χ4n) is 2.55. The highest BCUT2D eigenvalue weighted by Crippen LogP contribution is 2.17. The molecule has 0 aliphatic heterocycles. The Morgan fingerprint density at radius 1 is 1.05 bits per heavy atom. The van der Waals surface area contributed by atoms with Gasteiger partial charge in [0.1, 0.15) is 6.73 Å². The number of rotatable bonds is 10. The molecular weight excluding hydrogens is 262 g/mol. The van der Waals surface area contributed by atoms with Crippen molar-refractivity contribution in [3.8, 4) is 0 Å². The molecule has 1 aromatic heterocycles. The summed E-state index contributed by atoms with van der Waals surface area (Å²) in [5, 5.41) is 0. The van der Waals surface area contributed by atoms with Crippen LogP contribution in [0.4, 0.5) is 5.95 Å². The molecule has 0 saturated heterocycles. The minimum Gasteiger partial charge on any atom is -0.369 e. The summed E-state index contributed by atoms with van der Waals surface area (Å²) in [6, 6.07) is 7.96. The second kappa shape index (κ2) is 8.67. The number of hydrogen-bond donors (Lipinski definition) is 1. The lowest BCUT2D eigenvalue weighted by atomic mass is 10.1. The maximum atomic E-state index is 5.93. The van der Waals surface area contributed by atoms with Crippen molar-refractivity contribution in [2.45, 2.75) is 58.6 Å². The molecule has 0 saturated carbocycles. The summed E-state index contributed by atoms with van der Waals surface area (Å²) in [4.78, 5) is 4.33. The monoisotopic (exact) mass is 289 g/mol. The van der Waals surface area contributed by atoms with Crippen LogP contribution in [0.15, 0.2) is 24.3 Å². The van der Waals surface area contributed by atoms with Gasteiger partial charge in [-0.25, -0.2) is 4.98 Å². The van der Waals surface area contributed by atoms with Crippen LogP contribution in [0.1, 0.15) is 51.9 Å². The van der Waals surface area contributed by atoms with E-state index in [1.54, 1.807) is 0 Å². The van der Waals surface area contributed by atoms with Gasteiger partial charge in [0, 0.05) is 6.61 Å². The van der Waals surface area contributed by atoms with Crippen molar-refractivity contribution in [2.75, 3.05) is 12.3 Å². The minimum absolute atomic E-state index is 0.488. The number of anilines is 1. The first kappa shape index (κ1) is 15.8. The first-order chi connectivity index (χ1) is 10.3. The lowest BCUT2D eigenvalue weighted by molar-refractivity contribution is 0.0776. The predicted octanol–water partition coefficient (Wildman–Crippen LogP) is 4.34. The Morgan fingerprint density at radius 3 is 2.57 bits per heavy atom. The molecule has 4 heteroatoms. The van der Waals surface area contributed by atoms with Crippen molar-refractivity contribution in [3.63, 3.8) is 0 Å². The molecule has 0 aliphatic carbocycles. The second-order valence-corrected chi connectivity index (χ2v) is 5.55. The lowest BCUT2D eigenvalue weighted by Crippen LogP contribution is -2.07. The number of benzene rings is 1. The van der Waals surface area contributed by atoms with Crippen LogP contribution in [-0.2, 0) is 11.5 Å². The first-order valence-electron chi connectivity index (χ1n) is 8.11. The van der Waals surface area contributed by atoms with E-state index in [9.17, 15) is 0 Å². The van der Waals surface area contributed by atoms with Crippen LogP contribution in [-0.4, -0.2) is 16.2 Å². The summed E-state index contributed by atoms with van der Waals surface area (Å²) >= 11 is 0. The number of imidazole rings is 1. The topological polar surface area (TPSA) is 53.1 Å². The molecule has 0 aliphatic rings. The molecule has 0 bridgehead atoms. The van der Waals surface area contributed by atoms with E-state index < -0.39 is 0 Å². The molecule has 0 spiro atoms. The van der Waals surface area contributed by atoms with E-state index in [0.29, 0.717) is 12.7 Å². The average molecular weight is 289 g/mol. The van der Waals surface area contributed by atoms with E-state index in [4.69, 9.17) is 10.5 Å². The maximum Gasteiger partial charge on any atom is 0.203 e. The summed E-state index contributed by atoms with van der Waals surface area (Å²) in [7, 11) is 0. The number of hydrogen-bond acceptors (Lipinski definition) is 3. The summed E-state index contributed by atoms with van der Waals surface area (Å²) in [6.07, 6.45) is 9.09. The zero-order chi connectivity index (χ0) is 14.9. The van der Waals surface area contributed by atoms with Crippen molar-refractivity contribution in [1.29, 1.82) is 0 Å². The molecule has 0 fully saturated rings. The van der Waals surface area contributed by atoms with Crippen LogP contribution in [0, 0.1) is 0 Å². The van der Waals surface area contributed by atoms with Crippen molar-refractivity contribution >= 4 is 17.0 Å². The Labute approximate surface area is 127 Å². The Balaban J connectivity index is 1.65. The normalized spacial score (nSPS) is 11.3. The molecule has 116 valence electrons. The molecule has 2 aromatic rings. The summed E-state index contributed by atoms with van der Waals surface area (Å²) in [5.41, 5.74) is 7.90. The zero-order valence-electron chi connectivity index (χ0n) is 13.1. The highest BCUT2D eigenvalue weighted by Gasteiger charge is 2.06. The smallest absolute Gasteiger partial charge is 0.203 e. The third kappa shape index (κ3) is 4.74. The van der Waals surface area contributed by atoms with Crippen LogP contribution in [0.3, 0.4) is 0 Å². The van der Waals surface area contributed by atoms with Crippen molar-refractivity contribution < 1.29 is 4.74 Å². The highest BCUT2D eigenvalue weighted by atomic mass is 16.5. The fraction of sp³-hybridized carbons (Fsp3) is 0.588. The van der Waals surface area contributed by atoms with Gasteiger partial charge in [-0.1, -0.05) is 57.6 Å². The molecule has 0 radical (unpaired) electrons. The Morgan fingerprint density at radius 2 is 1.76 bits per heavy atom. The van der Waals surface area contributed by atoms with Crippen LogP contribution in [0.5, 0.6) is 0 Å². The van der Waals surface area contributed by atoms with E-state index in [1.165, 1.54) is 38.5 Å². The minimum atomic E-state index is 0.488. The van der Waals surface area contributed by atoms with Crippen molar-refractivity contribution in [2.24, 2.45) is 0 Å². The van der Waals surface area contributed by atoms with E-state index in [2.05, 4.69) is 11.9 Å². The Hall–Kier alpha value is -1.55. The maximum absolute atomic E-state index is 5.93. The first-order valence-corrected chi connectivity index (χ1v) is 8.11. The van der Waals surface area contributed by atoms with Crippen molar-refractivity contribution in [3.05, 3.63) is 24.3 Å². The van der Waals surface area contributed by atoms with E-state index in [0.717, 1.165) is 24.1 Å². The standard InChI is InChI=1S/C17H27N3O/c1-2-3-4-5-6-7-10-13-21-14-20-16-12-9-8-11-15(16)19-17(20)18/h8-9,11-12H,2-7,10,13-14H2,1H3,(H2,18,19). The van der Waals surface area contributed by atoms with Gasteiger partial charge in [0.05, 0.1) is 11.0 Å². The molecular formula is C17H27N3O. The molecule has 2 N–H and O–H groups in total. The van der Waals surface area contributed by atoms with Gasteiger partial charge >= 0.3 is 0 Å². The lowest BCUT2D eigenvalue weighted by Gasteiger charge is -2.08. The third-order valence-electron chi connectivity index (χ3n) is 3.80. The summed E-state index contributed by atoms with van der Waals surface area (Å²) in [5.74, 6) is 0.524. The number of unbranched alkanes of at least 4 members (excludes halogenated alkanes) is 6. The molecule has 4 nitrogen and oxygen atoms in total. The predicted molar refractivity (Wildman–Crippen MR) is 88.1 cm³/mol. The van der Waals surface area contributed by atoms with Crippen LogP contribution in [0.2, 0.25) is 0 Å². The molecule has 2 rings (SSSR count). The van der Waals surface area contributed by atoms with Crippen LogP contribution < -0.4 is 5.73 Å². The largest absolute Gasteiger partial charge is 0.369 e. The quantitative estimate of drug-likeness (QED) is 0.662. The second-order valence-electron chi connectivity index (χ2n) is 5.55. The molecule has 0 atom stereocenters. The average Bonchev–Trinajstić information content (AvgIpc) is 2.81. The number of nitrogen functional groups attached to an aromatic ring is 1. The van der Waals surface area contributed by atoms with Crippen LogP contribution in [0.25, 0.3) is 11.0 Å². The fourth-order valence-corrected chi connectivity index (χ4v) is 2.55. The summed E-state index contributed by atoms with van der Waals surface area (Å²) in [6.45, 7) is 3.53. The number of nitrogens with zero attached hydrogens (tertiary/aromatic N) is 2. The van der Waals surface area contributed by atoms with Gasteiger partial charge < -0.3 is 10.5 Å². The third-order valence-corrected chi connectivity index (χ3v) is 3.80. The number of para-hydroxylation sites is 2. The molecule has 0 unspecified atom stereocenters. The zero-order valence-corrected chi connectivity index (χ0v) is 13.1. The number of fused-ring (bicyclic) bond motifs is 1. The molecule has 1 aromatic carbocycles. The SMILES string of the molecule is CCCCCCCCCOCn1c(N)nc2ccccc21. The highest BCUT2D eigenvalue weighted by molar-refractivity contribution is 5.78. The van der Waals surface area contributed by atoms with E-state index in [-0.39, 0.29) is 0 Å². The molecule has 21 heavy (non-hydrogen) atoms. The number of nitrogens with two attached hydrogens (primary N) is 1. The summed E-state index contributed by atoms with van der Waals surface area (Å²) < 4.78 is 7.66. The van der Waals surface area contributed by atoms with E-state index in [1.807, 2.05) is 28.8 Å². The van der Waals surface area contributed by atoms with Gasteiger partial charge in [-0.2, -0.15) is 0 Å². The molecule has 1 heterocycles. The number of ether oxygens (including phenoxy) is 1. The number of aromatic nitrogens is 2. The Bertz CT molecular complexity index is 536. The van der Waals surface area contributed by atoms with Gasteiger partial charge in [-0.15, -0.1) is 0 Å². The van der Waals surface area contributed by atoms with Gasteiger partial charge in [0.2, 0.25) is 5.95 Å². The van der Waals surface area contributed by atoms with Gasteiger partial charge in [-0.05, 0) is 18.6 Å².